The number of rotatable bonds is 3. The number of methoxy groups -OCH3 is 1. The third-order valence-electron chi connectivity index (χ3n) is 3.66. The second kappa shape index (κ2) is 5.73. The Balaban J connectivity index is 1.79. The zero-order valence-electron chi connectivity index (χ0n) is 11.5. The molecule has 0 fully saturated rings. The molecular weight excluding hydrogens is 257 g/mol. The van der Waals surface area contributed by atoms with Gasteiger partial charge in [-0.3, -0.25) is 9.58 Å². The van der Waals surface area contributed by atoms with Crippen LogP contribution in [0.25, 0.3) is 0 Å². The third kappa shape index (κ3) is 2.89. The van der Waals surface area contributed by atoms with Crippen LogP contribution in [0.15, 0.2) is 36.5 Å². The molecule has 0 spiro atoms. The maximum absolute atomic E-state index is 13.3. The second-order valence-corrected chi connectivity index (χ2v) is 5.16. The van der Waals surface area contributed by atoms with E-state index in [1.165, 1.54) is 11.8 Å². The van der Waals surface area contributed by atoms with Crippen LogP contribution in [-0.4, -0.2) is 34.4 Å². The van der Waals surface area contributed by atoms with E-state index in [-0.39, 0.29) is 11.9 Å². The van der Waals surface area contributed by atoms with Crippen molar-refractivity contribution in [3.63, 3.8) is 0 Å². The van der Waals surface area contributed by atoms with E-state index >= 15 is 0 Å². The zero-order valence-corrected chi connectivity index (χ0v) is 11.5. The molecule has 0 saturated carbocycles. The number of benzene rings is 1. The maximum Gasteiger partial charge on any atom is 0.123 e. The van der Waals surface area contributed by atoms with Gasteiger partial charge in [0.1, 0.15) is 5.82 Å². The van der Waals surface area contributed by atoms with Gasteiger partial charge < -0.3 is 4.74 Å². The van der Waals surface area contributed by atoms with Gasteiger partial charge in [-0.25, -0.2) is 4.39 Å². The molecule has 2 aromatic rings. The molecule has 0 amide bonds. The number of hydrogen-bond donors (Lipinski definition) is 0. The van der Waals surface area contributed by atoms with E-state index in [0.29, 0.717) is 6.54 Å². The van der Waals surface area contributed by atoms with Crippen LogP contribution in [0.4, 0.5) is 4.39 Å². The quantitative estimate of drug-likeness (QED) is 0.859. The lowest BCUT2D eigenvalue weighted by atomic mass is 10.2. The molecule has 2 heterocycles. The molecule has 3 rings (SSSR count). The number of fused-ring (bicyclic) bond motifs is 1. The Morgan fingerprint density at radius 1 is 1.35 bits per heavy atom. The average molecular weight is 275 g/mol. The summed E-state index contributed by atoms with van der Waals surface area (Å²) in [6.07, 6.45) is 1.91. The lowest BCUT2D eigenvalue weighted by molar-refractivity contribution is 0.0547. The molecule has 0 N–H and O–H groups in total. The molecule has 1 aliphatic heterocycles. The Hall–Kier alpha value is -1.72. The number of ether oxygens (including phenoxy) is 1. The summed E-state index contributed by atoms with van der Waals surface area (Å²) in [4.78, 5) is 2.27. The van der Waals surface area contributed by atoms with E-state index in [0.717, 1.165) is 25.2 Å². The van der Waals surface area contributed by atoms with Gasteiger partial charge in [-0.1, -0.05) is 12.1 Å². The second-order valence-electron chi connectivity index (χ2n) is 5.16. The minimum absolute atomic E-state index is 0.102. The van der Waals surface area contributed by atoms with Gasteiger partial charge in [0.2, 0.25) is 0 Å². The summed E-state index contributed by atoms with van der Waals surface area (Å²) in [7, 11) is 1.72. The molecule has 4 nitrogen and oxygen atoms in total. The van der Waals surface area contributed by atoms with Crippen molar-refractivity contribution in [3.05, 3.63) is 53.6 Å². The maximum atomic E-state index is 13.3. The zero-order chi connectivity index (χ0) is 13.9. The summed E-state index contributed by atoms with van der Waals surface area (Å²) < 4.78 is 20.8. The predicted octanol–water partition coefficient (Wildman–Crippen LogP) is 2.05. The van der Waals surface area contributed by atoms with Crippen LogP contribution in [0.5, 0.6) is 0 Å². The molecule has 106 valence electrons. The highest BCUT2D eigenvalue weighted by atomic mass is 19.1. The lowest BCUT2D eigenvalue weighted by Crippen LogP contribution is -2.32. The summed E-state index contributed by atoms with van der Waals surface area (Å²) in [5.74, 6) is -0.189. The van der Waals surface area contributed by atoms with Crippen LogP contribution >= 0.6 is 0 Å². The molecule has 0 unspecified atom stereocenters. The Morgan fingerprint density at radius 3 is 3.05 bits per heavy atom. The first-order chi connectivity index (χ1) is 9.74. The molecular formula is C15H18FN3O. The van der Waals surface area contributed by atoms with Crippen LogP contribution in [-0.2, 0) is 24.4 Å². The third-order valence-corrected chi connectivity index (χ3v) is 3.66. The summed E-state index contributed by atoms with van der Waals surface area (Å²) in [6.45, 7) is 3.09. The van der Waals surface area contributed by atoms with Gasteiger partial charge in [0.05, 0.1) is 18.3 Å². The molecule has 0 saturated heterocycles. The molecule has 1 aromatic carbocycles. The molecule has 5 heteroatoms. The number of aromatic nitrogens is 2. The van der Waals surface area contributed by atoms with E-state index in [2.05, 4.69) is 10.00 Å². The van der Waals surface area contributed by atoms with Gasteiger partial charge in [-0.15, -0.1) is 0 Å². The van der Waals surface area contributed by atoms with Crippen molar-refractivity contribution in [3.8, 4) is 0 Å². The van der Waals surface area contributed by atoms with Gasteiger partial charge in [-0.2, -0.15) is 5.10 Å². The largest absolute Gasteiger partial charge is 0.378 e. The smallest absolute Gasteiger partial charge is 0.123 e. The molecule has 1 aromatic heterocycles. The van der Waals surface area contributed by atoms with Crippen LogP contribution in [0.1, 0.15) is 11.3 Å². The molecule has 1 aliphatic rings. The predicted molar refractivity (Wildman–Crippen MR) is 73.5 cm³/mol. The van der Waals surface area contributed by atoms with E-state index < -0.39 is 0 Å². The Kier molecular flexibility index (Phi) is 3.80. The highest BCUT2D eigenvalue weighted by Gasteiger charge is 2.22. The molecule has 0 aliphatic carbocycles. The van der Waals surface area contributed by atoms with Gasteiger partial charge in [0.15, 0.2) is 0 Å². The van der Waals surface area contributed by atoms with Crippen LogP contribution in [0, 0.1) is 5.82 Å². The summed E-state index contributed by atoms with van der Waals surface area (Å²) in [5, 5.41) is 4.32. The van der Waals surface area contributed by atoms with Crippen molar-refractivity contribution in [1.29, 1.82) is 0 Å². The van der Waals surface area contributed by atoms with Gasteiger partial charge >= 0.3 is 0 Å². The van der Waals surface area contributed by atoms with Crippen molar-refractivity contribution < 1.29 is 9.13 Å². The first-order valence-corrected chi connectivity index (χ1v) is 6.75. The highest BCUT2D eigenvalue weighted by molar-refractivity contribution is 5.16. The fourth-order valence-corrected chi connectivity index (χ4v) is 2.65. The van der Waals surface area contributed by atoms with Crippen molar-refractivity contribution in [2.45, 2.75) is 25.7 Å². The number of hydrogen-bond acceptors (Lipinski definition) is 3. The Labute approximate surface area is 117 Å². The molecule has 20 heavy (non-hydrogen) atoms. The highest BCUT2D eigenvalue weighted by Crippen LogP contribution is 2.16. The standard InChI is InChI=1S/C15H18FN3O/c1-20-15-10-18(8-12-3-2-4-13(16)7-12)9-14-5-6-17-19(14)11-15/h2-7,15H,8-11H2,1H3/t15-/m1/s1. The van der Waals surface area contributed by atoms with Gasteiger partial charge in [-0.05, 0) is 23.8 Å². The van der Waals surface area contributed by atoms with Crippen LogP contribution in [0.2, 0.25) is 0 Å². The summed E-state index contributed by atoms with van der Waals surface area (Å²) in [6, 6.07) is 8.78. The number of nitrogens with zero attached hydrogens (tertiary/aromatic N) is 3. The van der Waals surface area contributed by atoms with Crippen molar-refractivity contribution in [1.82, 2.24) is 14.7 Å². The van der Waals surface area contributed by atoms with Crippen LogP contribution < -0.4 is 0 Å². The summed E-state index contributed by atoms with van der Waals surface area (Å²) >= 11 is 0. The van der Waals surface area contributed by atoms with E-state index in [9.17, 15) is 4.39 Å². The van der Waals surface area contributed by atoms with Gasteiger partial charge in [0, 0.05) is 32.9 Å². The minimum Gasteiger partial charge on any atom is -0.378 e. The van der Waals surface area contributed by atoms with E-state index in [4.69, 9.17) is 4.74 Å². The summed E-state index contributed by atoms with van der Waals surface area (Å²) in [5.41, 5.74) is 2.15. The van der Waals surface area contributed by atoms with Crippen LogP contribution in [0.3, 0.4) is 0 Å². The Bertz CT molecular complexity index is 584. The van der Waals surface area contributed by atoms with E-state index in [1.54, 1.807) is 19.2 Å². The van der Waals surface area contributed by atoms with Gasteiger partial charge in [0.25, 0.3) is 0 Å². The molecule has 0 bridgehead atoms. The lowest BCUT2D eigenvalue weighted by Gasteiger charge is -2.23. The fraction of sp³-hybridized carbons (Fsp3) is 0.400. The topological polar surface area (TPSA) is 30.3 Å². The molecule has 0 radical (unpaired) electrons. The van der Waals surface area contributed by atoms with E-state index in [1.807, 2.05) is 23.0 Å². The minimum atomic E-state index is -0.189. The Morgan fingerprint density at radius 2 is 2.25 bits per heavy atom. The SMILES string of the molecule is CO[C@@H]1CN(Cc2cccc(F)c2)Cc2ccnn2C1. The fourth-order valence-electron chi connectivity index (χ4n) is 2.65. The van der Waals surface area contributed by atoms with Crippen molar-refractivity contribution >= 4 is 0 Å². The number of halogens is 1. The average Bonchev–Trinajstić information content (AvgIpc) is 2.78. The molecule has 1 atom stereocenters. The first-order valence-electron chi connectivity index (χ1n) is 6.75. The first kappa shape index (κ1) is 13.3. The monoisotopic (exact) mass is 275 g/mol. The normalized spacial score (nSPS) is 19.6. The van der Waals surface area contributed by atoms with Crippen molar-refractivity contribution in [2.24, 2.45) is 0 Å². The van der Waals surface area contributed by atoms with Crippen molar-refractivity contribution in [2.75, 3.05) is 13.7 Å².